The second-order valence-corrected chi connectivity index (χ2v) is 9.37. The standard InChI is InChI=1S/C26H32N4O2/c1-18(24-17-27-30-13-3-2-4-25(24)30)28-22-10-9-21(16-22)19-5-7-20(8-6-19)26(32)29-14-11-23(31)12-15-29/h2-8,13,17-18,21-23,28,31H,9-12,14-16H2,1H3. The second-order valence-electron chi connectivity index (χ2n) is 9.37. The number of hydrogen-bond donors (Lipinski definition) is 2. The average molecular weight is 433 g/mol. The first-order valence-electron chi connectivity index (χ1n) is 11.8. The van der Waals surface area contributed by atoms with Crippen LogP contribution in [0, 0.1) is 0 Å². The highest BCUT2D eigenvalue weighted by molar-refractivity contribution is 5.94. The van der Waals surface area contributed by atoms with Crippen LogP contribution < -0.4 is 5.32 Å². The average Bonchev–Trinajstić information content (AvgIpc) is 3.46. The molecular weight excluding hydrogens is 400 g/mol. The third kappa shape index (κ3) is 4.30. The smallest absolute Gasteiger partial charge is 0.253 e. The molecule has 6 nitrogen and oxygen atoms in total. The maximum Gasteiger partial charge on any atom is 0.253 e. The highest BCUT2D eigenvalue weighted by atomic mass is 16.3. The monoisotopic (exact) mass is 432 g/mol. The highest BCUT2D eigenvalue weighted by Crippen LogP contribution is 2.36. The van der Waals surface area contributed by atoms with Crippen molar-refractivity contribution in [2.45, 2.75) is 63.1 Å². The molecule has 1 saturated carbocycles. The van der Waals surface area contributed by atoms with Crippen LogP contribution in [0.5, 0.6) is 0 Å². The number of aliphatic hydroxyl groups excluding tert-OH is 1. The van der Waals surface area contributed by atoms with E-state index in [1.54, 1.807) is 0 Å². The Morgan fingerprint density at radius 2 is 1.88 bits per heavy atom. The van der Waals surface area contributed by atoms with E-state index in [4.69, 9.17) is 0 Å². The number of benzene rings is 1. The van der Waals surface area contributed by atoms with Gasteiger partial charge in [-0.05, 0) is 74.8 Å². The van der Waals surface area contributed by atoms with Gasteiger partial charge in [-0.15, -0.1) is 0 Å². The number of carbonyl (C=O) groups excluding carboxylic acids is 1. The summed E-state index contributed by atoms with van der Waals surface area (Å²) in [5, 5.41) is 18.0. The van der Waals surface area contributed by atoms with Crippen molar-refractivity contribution in [2.75, 3.05) is 13.1 Å². The molecule has 0 spiro atoms. The van der Waals surface area contributed by atoms with Crippen LogP contribution in [0.15, 0.2) is 54.9 Å². The van der Waals surface area contributed by atoms with E-state index in [1.165, 1.54) is 11.1 Å². The number of carbonyl (C=O) groups is 1. The number of nitrogens with one attached hydrogen (secondary N) is 1. The first kappa shape index (κ1) is 21.2. The lowest BCUT2D eigenvalue weighted by Gasteiger charge is -2.29. The SMILES string of the molecule is CC(NC1CCC(c2ccc(C(=O)N3CCC(O)CC3)cc2)C1)c1cnn2ccccc12. The van der Waals surface area contributed by atoms with Gasteiger partial charge in [0.25, 0.3) is 5.91 Å². The van der Waals surface area contributed by atoms with Crippen LogP contribution in [0.4, 0.5) is 0 Å². The van der Waals surface area contributed by atoms with E-state index in [2.05, 4.69) is 41.6 Å². The van der Waals surface area contributed by atoms with Crippen LogP contribution >= 0.6 is 0 Å². The van der Waals surface area contributed by atoms with Gasteiger partial charge >= 0.3 is 0 Å². The Morgan fingerprint density at radius 1 is 1.09 bits per heavy atom. The van der Waals surface area contributed by atoms with Crippen molar-refractivity contribution in [3.05, 3.63) is 71.5 Å². The minimum atomic E-state index is -0.263. The molecule has 0 radical (unpaired) electrons. The van der Waals surface area contributed by atoms with Crippen molar-refractivity contribution in [1.82, 2.24) is 19.8 Å². The molecule has 3 unspecified atom stereocenters. The fraction of sp³-hybridized carbons (Fsp3) is 0.462. The minimum absolute atomic E-state index is 0.0802. The van der Waals surface area contributed by atoms with Crippen molar-refractivity contribution in [3.8, 4) is 0 Å². The number of rotatable bonds is 5. The second kappa shape index (κ2) is 9.04. The molecule has 5 rings (SSSR count). The Kier molecular flexibility index (Phi) is 5.98. The van der Waals surface area contributed by atoms with Gasteiger partial charge in [0.15, 0.2) is 0 Å². The first-order valence-corrected chi connectivity index (χ1v) is 11.8. The van der Waals surface area contributed by atoms with Crippen LogP contribution in [0.3, 0.4) is 0 Å². The lowest BCUT2D eigenvalue weighted by molar-refractivity contribution is 0.0546. The molecule has 0 bridgehead atoms. The lowest BCUT2D eigenvalue weighted by atomic mass is 9.96. The zero-order valence-corrected chi connectivity index (χ0v) is 18.7. The maximum atomic E-state index is 12.7. The van der Waals surface area contributed by atoms with Gasteiger partial charge in [0.2, 0.25) is 0 Å². The predicted octanol–water partition coefficient (Wildman–Crippen LogP) is 3.92. The van der Waals surface area contributed by atoms with Gasteiger partial charge in [-0.3, -0.25) is 4.79 Å². The number of hydrogen-bond acceptors (Lipinski definition) is 4. The molecule has 3 heterocycles. The van der Waals surface area contributed by atoms with Gasteiger partial charge in [-0.25, -0.2) is 4.52 Å². The third-order valence-electron chi connectivity index (χ3n) is 7.22. The van der Waals surface area contributed by atoms with Gasteiger partial charge in [-0.1, -0.05) is 18.2 Å². The summed E-state index contributed by atoms with van der Waals surface area (Å²) in [5.41, 5.74) is 4.47. The first-order chi connectivity index (χ1) is 15.6. The number of piperidine rings is 1. The van der Waals surface area contributed by atoms with E-state index in [-0.39, 0.29) is 18.1 Å². The Balaban J connectivity index is 1.18. The fourth-order valence-corrected chi connectivity index (χ4v) is 5.32. The summed E-state index contributed by atoms with van der Waals surface area (Å²) in [4.78, 5) is 14.6. The third-order valence-corrected chi connectivity index (χ3v) is 7.22. The topological polar surface area (TPSA) is 69.9 Å². The van der Waals surface area contributed by atoms with E-state index >= 15 is 0 Å². The van der Waals surface area contributed by atoms with E-state index < -0.39 is 0 Å². The van der Waals surface area contributed by atoms with E-state index in [0.717, 1.165) is 30.3 Å². The van der Waals surface area contributed by atoms with Gasteiger partial charge in [0.1, 0.15) is 0 Å². The summed E-state index contributed by atoms with van der Waals surface area (Å²) in [5.74, 6) is 0.606. The lowest BCUT2D eigenvalue weighted by Crippen LogP contribution is -2.40. The molecule has 1 saturated heterocycles. The molecule has 1 amide bonds. The largest absolute Gasteiger partial charge is 0.393 e. The summed E-state index contributed by atoms with van der Waals surface area (Å²) in [6, 6.07) is 15.1. The van der Waals surface area contributed by atoms with Crippen LogP contribution in [0.1, 0.15) is 72.5 Å². The molecule has 3 atom stereocenters. The Labute approximate surface area is 189 Å². The molecule has 168 valence electrons. The van der Waals surface area contributed by atoms with Gasteiger partial charge < -0.3 is 15.3 Å². The van der Waals surface area contributed by atoms with E-state index in [1.807, 2.05) is 40.0 Å². The van der Waals surface area contributed by atoms with Crippen molar-refractivity contribution in [2.24, 2.45) is 0 Å². The molecule has 2 aliphatic rings. The molecule has 3 aromatic rings. The van der Waals surface area contributed by atoms with E-state index in [9.17, 15) is 9.90 Å². The minimum Gasteiger partial charge on any atom is -0.393 e. The molecule has 6 heteroatoms. The summed E-state index contributed by atoms with van der Waals surface area (Å²) in [7, 11) is 0. The maximum absolute atomic E-state index is 12.7. The van der Waals surface area contributed by atoms with Crippen LogP contribution in [0.25, 0.3) is 5.52 Å². The predicted molar refractivity (Wildman–Crippen MR) is 125 cm³/mol. The number of pyridine rings is 1. The summed E-state index contributed by atoms with van der Waals surface area (Å²) in [6.07, 6.45) is 8.48. The van der Waals surface area contributed by atoms with Crippen LogP contribution in [0.2, 0.25) is 0 Å². The molecule has 32 heavy (non-hydrogen) atoms. The number of aliphatic hydroxyl groups is 1. The number of aromatic nitrogens is 2. The quantitative estimate of drug-likeness (QED) is 0.641. The fourth-order valence-electron chi connectivity index (χ4n) is 5.32. The Hall–Kier alpha value is -2.70. The van der Waals surface area contributed by atoms with E-state index in [0.29, 0.717) is 37.9 Å². The van der Waals surface area contributed by atoms with Crippen molar-refractivity contribution >= 4 is 11.4 Å². The Morgan fingerprint density at radius 3 is 2.66 bits per heavy atom. The van der Waals surface area contributed by atoms with Crippen LogP contribution in [-0.4, -0.2) is 50.8 Å². The summed E-state index contributed by atoms with van der Waals surface area (Å²) in [6.45, 7) is 3.50. The van der Waals surface area contributed by atoms with Gasteiger partial charge in [0, 0.05) is 42.5 Å². The van der Waals surface area contributed by atoms with Crippen molar-refractivity contribution < 1.29 is 9.90 Å². The highest BCUT2D eigenvalue weighted by Gasteiger charge is 2.28. The molecule has 1 aliphatic heterocycles. The number of likely N-dealkylation sites (tertiary alicyclic amines) is 1. The normalized spacial score (nSPS) is 23.0. The number of nitrogens with zero attached hydrogens (tertiary/aromatic N) is 3. The molecule has 2 fully saturated rings. The summed E-state index contributed by atoms with van der Waals surface area (Å²) >= 11 is 0. The van der Waals surface area contributed by atoms with Crippen molar-refractivity contribution in [3.63, 3.8) is 0 Å². The molecule has 1 aromatic carbocycles. The molecule has 2 N–H and O–H groups in total. The number of amides is 1. The summed E-state index contributed by atoms with van der Waals surface area (Å²) < 4.78 is 1.93. The van der Waals surface area contributed by atoms with Crippen LogP contribution in [-0.2, 0) is 0 Å². The zero-order valence-electron chi connectivity index (χ0n) is 18.7. The Bertz CT molecular complexity index is 1070. The zero-order chi connectivity index (χ0) is 22.1. The van der Waals surface area contributed by atoms with Gasteiger partial charge in [-0.2, -0.15) is 5.10 Å². The number of fused-ring (bicyclic) bond motifs is 1. The molecular formula is C26H32N4O2. The van der Waals surface area contributed by atoms with Crippen molar-refractivity contribution in [1.29, 1.82) is 0 Å². The van der Waals surface area contributed by atoms with Gasteiger partial charge in [0.05, 0.1) is 17.8 Å². The molecule has 1 aliphatic carbocycles. The molecule has 2 aromatic heterocycles.